The summed E-state index contributed by atoms with van der Waals surface area (Å²) in [5, 5.41) is 2.67. The third kappa shape index (κ3) is 2.70. The zero-order valence-corrected chi connectivity index (χ0v) is 16.2. The molecule has 0 aliphatic carbocycles. The Labute approximate surface area is 136 Å². The van der Waals surface area contributed by atoms with Crippen LogP contribution in [0.3, 0.4) is 0 Å². The van der Waals surface area contributed by atoms with Crippen LogP contribution >= 0.6 is 0 Å². The normalized spacial score (nSPS) is 11.9. The number of hydrogen-bond acceptors (Lipinski definition) is 0. The first-order valence-corrected chi connectivity index (χ1v) is 15.2. The third-order valence-corrected chi connectivity index (χ3v) is 8.78. The molecular formula is C20H24GeN+. The Balaban J connectivity index is 2.25. The molecule has 1 heterocycles. The van der Waals surface area contributed by atoms with Crippen molar-refractivity contribution < 1.29 is 4.57 Å². The van der Waals surface area contributed by atoms with Crippen LogP contribution in [0.2, 0.25) is 17.3 Å². The van der Waals surface area contributed by atoms with Crippen molar-refractivity contribution in [2.24, 2.45) is 7.05 Å². The molecule has 2 aromatic carbocycles. The zero-order valence-electron chi connectivity index (χ0n) is 14.1. The Bertz CT molecular complexity index is 844. The van der Waals surface area contributed by atoms with Gasteiger partial charge in [-0.3, -0.25) is 0 Å². The van der Waals surface area contributed by atoms with Crippen LogP contribution in [0, 0.1) is 6.92 Å². The number of nitrogens with zero attached hydrogens (tertiary/aromatic N) is 1. The number of rotatable bonds is 2. The van der Waals surface area contributed by atoms with Gasteiger partial charge in [0.25, 0.3) is 0 Å². The van der Waals surface area contributed by atoms with E-state index < -0.39 is 13.3 Å². The first kappa shape index (κ1) is 15.3. The maximum absolute atomic E-state index is 2.45. The molecule has 0 aliphatic heterocycles. The van der Waals surface area contributed by atoms with Crippen LogP contribution in [0.4, 0.5) is 0 Å². The molecule has 0 fully saturated rings. The molecule has 0 unspecified atom stereocenters. The van der Waals surface area contributed by atoms with Gasteiger partial charge in [-0.05, 0) is 0 Å². The van der Waals surface area contributed by atoms with E-state index in [9.17, 15) is 0 Å². The SMILES string of the molecule is Cc1c(-c2c[c]([Ge]([CH3])([CH3])[CH3])cc[n+]2C)ccc2ccccc12. The molecule has 0 saturated heterocycles. The summed E-state index contributed by atoms with van der Waals surface area (Å²) in [5.41, 5.74) is 4.03. The second-order valence-corrected chi connectivity index (χ2v) is 17.8. The molecule has 112 valence electrons. The van der Waals surface area contributed by atoms with Gasteiger partial charge in [-0.15, -0.1) is 0 Å². The van der Waals surface area contributed by atoms with Gasteiger partial charge in [-0.2, -0.15) is 0 Å². The van der Waals surface area contributed by atoms with Gasteiger partial charge in [-0.1, -0.05) is 0 Å². The van der Waals surface area contributed by atoms with Gasteiger partial charge in [0.2, 0.25) is 0 Å². The number of hydrogen-bond donors (Lipinski definition) is 0. The van der Waals surface area contributed by atoms with E-state index >= 15 is 0 Å². The van der Waals surface area contributed by atoms with Crippen LogP contribution in [0.15, 0.2) is 54.7 Å². The minimum atomic E-state index is -1.82. The van der Waals surface area contributed by atoms with Crippen molar-refractivity contribution in [3.8, 4) is 11.3 Å². The van der Waals surface area contributed by atoms with Crippen LogP contribution in [0.25, 0.3) is 22.0 Å². The molecule has 0 saturated carbocycles. The summed E-state index contributed by atoms with van der Waals surface area (Å²) in [5.74, 6) is 7.35. The van der Waals surface area contributed by atoms with E-state index in [1.807, 2.05) is 0 Å². The van der Waals surface area contributed by atoms with Crippen LogP contribution in [-0.2, 0) is 7.05 Å². The van der Waals surface area contributed by atoms with E-state index in [2.05, 4.69) is 90.5 Å². The van der Waals surface area contributed by atoms with E-state index in [0.29, 0.717) is 0 Å². The Morgan fingerprint density at radius 2 is 1.64 bits per heavy atom. The predicted molar refractivity (Wildman–Crippen MR) is 98.3 cm³/mol. The molecule has 1 aromatic heterocycles. The Morgan fingerprint density at radius 1 is 0.909 bits per heavy atom. The van der Waals surface area contributed by atoms with Gasteiger partial charge in [0, 0.05) is 0 Å². The quantitative estimate of drug-likeness (QED) is 0.482. The summed E-state index contributed by atoms with van der Waals surface area (Å²) in [6.45, 7) is 2.24. The van der Waals surface area contributed by atoms with Gasteiger partial charge in [0.05, 0.1) is 0 Å². The van der Waals surface area contributed by atoms with Crippen molar-refractivity contribution in [1.82, 2.24) is 0 Å². The Hall–Kier alpha value is -1.61. The number of benzene rings is 2. The second kappa shape index (κ2) is 5.55. The summed E-state index contributed by atoms with van der Waals surface area (Å²) < 4.78 is 3.80. The Kier molecular flexibility index (Phi) is 3.86. The van der Waals surface area contributed by atoms with Crippen molar-refractivity contribution in [1.29, 1.82) is 0 Å². The van der Waals surface area contributed by atoms with E-state index in [0.717, 1.165) is 0 Å². The molecule has 0 spiro atoms. The molecule has 1 nitrogen and oxygen atoms in total. The molecular weight excluding hydrogens is 327 g/mol. The summed E-state index contributed by atoms with van der Waals surface area (Å²) in [6.07, 6.45) is 2.22. The van der Waals surface area contributed by atoms with Gasteiger partial charge in [0.15, 0.2) is 0 Å². The van der Waals surface area contributed by atoms with Crippen molar-refractivity contribution in [2.45, 2.75) is 24.2 Å². The molecule has 0 bridgehead atoms. The molecule has 0 aliphatic rings. The van der Waals surface area contributed by atoms with Gasteiger partial charge in [0.1, 0.15) is 0 Å². The van der Waals surface area contributed by atoms with Crippen molar-refractivity contribution >= 4 is 28.4 Å². The van der Waals surface area contributed by atoms with Crippen molar-refractivity contribution in [2.75, 3.05) is 0 Å². The summed E-state index contributed by atoms with van der Waals surface area (Å²) in [4.78, 5) is 0. The Morgan fingerprint density at radius 3 is 2.36 bits per heavy atom. The average molecular weight is 351 g/mol. The van der Waals surface area contributed by atoms with Gasteiger partial charge < -0.3 is 0 Å². The topological polar surface area (TPSA) is 3.88 Å². The molecule has 2 heteroatoms. The monoisotopic (exact) mass is 352 g/mol. The summed E-state index contributed by atoms with van der Waals surface area (Å²) >= 11 is -1.82. The van der Waals surface area contributed by atoms with E-state index in [1.165, 1.54) is 27.6 Å². The van der Waals surface area contributed by atoms with Gasteiger partial charge in [-0.25, -0.2) is 0 Å². The third-order valence-electron chi connectivity index (χ3n) is 4.49. The number of aryl methyl sites for hydroxylation is 2. The van der Waals surface area contributed by atoms with E-state index in [-0.39, 0.29) is 0 Å². The molecule has 0 N–H and O–H groups in total. The maximum atomic E-state index is 2.45. The van der Waals surface area contributed by atoms with Crippen LogP contribution in [-0.4, -0.2) is 13.3 Å². The number of pyridine rings is 1. The fourth-order valence-corrected chi connectivity index (χ4v) is 5.41. The number of fused-ring (bicyclic) bond motifs is 1. The fourth-order valence-electron chi connectivity index (χ4n) is 3.01. The molecule has 0 atom stereocenters. The first-order chi connectivity index (χ1) is 10.4. The first-order valence-electron chi connectivity index (χ1n) is 7.87. The summed E-state index contributed by atoms with van der Waals surface area (Å²) in [7, 11) is 2.14. The number of aromatic nitrogens is 1. The second-order valence-electron chi connectivity index (χ2n) is 7.12. The predicted octanol–water partition coefficient (Wildman–Crippen LogP) is 4.18. The van der Waals surface area contributed by atoms with Crippen LogP contribution < -0.4 is 8.96 Å². The summed E-state index contributed by atoms with van der Waals surface area (Å²) in [6, 6.07) is 17.9. The standard InChI is InChI=1S/C20H24GeN/c1-15-18-9-7-6-8-16(18)10-11-19(15)20-14-17(21(2,3)4)12-13-22(20)5/h6-14H,1-5H3/q+1. The van der Waals surface area contributed by atoms with Crippen molar-refractivity contribution in [3.63, 3.8) is 0 Å². The minimum absolute atomic E-state index is 1.32. The van der Waals surface area contributed by atoms with E-state index in [1.54, 1.807) is 4.40 Å². The zero-order chi connectivity index (χ0) is 15.9. The molecule has 0 amide bonds. The average Bonchev–Trinajstić information content (AvgIpc) is 2.48. The molecule has 3 aromatic rings. The molecule has 22 heavy (non-hydrogen) atoms. The fraction of sp³-hybridized carbons (Fsp3) is 0.250. The van der Waals surface area contributed by atoms with Crippen LogP contribution in [0.5, 0.6) is 0 Å². The van der Waals surface area contributed by atoms with Gasteiger partial charge >= 0.3 is 136 Å². The van der Waals surface area contributed by atoms with Crippen LogP contribution in [0.1, 0.15) is 5.56 Å². The molecule has 3 rings (SSSR count). The molecule has 0 radical (unpaired) electrons. The van der Waals surface area contributed by atoms with Crippen molar-refractivity contribution in [3.05, 3.63) is 60.3 Å². The van der Waals surface area contributed by atoms with E-state index in [4.69, 9.17) is 0 Å².